The van der Waals surface area contributed by atoms with Crippen molar-refractivity contribution in [1.82, 2.24) is 10.3 Å². The van der Waals surface area contributed by atoms with E-state index >= 15 is 0 Å². The van der Waals surface area contributed by atoms with Crippen molar-refractivity contribution in [2.75, 3.05) is 24.6 Å². The van der Waals surface area contributed by atoms with E-state index in [1.54, 1.807) is 6.20 Å². The summed E-state index contributed by atoms with van der Waals surface area (Å²) in [5, 5.41) is 3.07. The third kappa shape index (κ3) is 3.18. The van der Waals surface area contributed by atoms with Crippen molar-refractivity contribution in [2.45, 2.75) is 44.8 Å². The molecule has 3 heterocycles. The second-order valence-electron chi connectivity index (χ2n) is 5.88. The highest BCUT2D eigenvalue weighted by Crippen LogP contribution is 2.22. The minimum Gasteiger partial charge on any atom is -0.376 e. The third-order valence-corrected chi connectivity index (χ3v) is 4.32. The molecule has 0 aliphatic carbocycles. The summed E-state index contributed by atoms with van der Waals surface area (Å²) in [4.78, 5) is 19.2. The van der Waals surface area contributed by atoms with Gasteiger partial charge in [-0.15, -0.1) is 0 Å². The first-order chi connectivity index (χ1) is 10.3. The number of anilines is 1. The molecule has 2 aliphatic rings. The van der Waals surface area contributed by atoms with Crippen LogP contribution >= 0.6 is 0 Å². The van der Waals surface area contributed by atoms with E-state index in [0.717, 1.165) is 38.4 Å². The van der Waals surface area contributed by atoms with Gasteiger partial charge in [-0.1, -0.05) is 0 Å². The summed E-state index contributed by atoms with van der Waals surface area (Å²) in [6.45, 7) is 4.79. The lowest BCUT2D eigenvalue weighted by Crippen LogP contribution is -2.41. The molecule has 0 saturated carbocycles. The summed E-state index contributed by atoms with van der Waals surface area (Å²) in [5.41, 5.74) is 0.671. The Kier molecular flexibility index (Phi) is 4.39. The molecule has 2 fully saturated rings. The Bertz CT molecular complexity index is 494. The lowest BCUT2D eigenvalue weighted by molar-refractivity contribution is 0.0712. The van der Waals surface area contributed by atoms with Gasteiger partial charge in [0, 0.05) is 25.9 Å². The molecule has 5 heteroatoms. The molecule has 3 rings (SSSR count). The molecule has 5 nitrogen and oxygen atoms in total. The van der Waals surface area contributed by atoms with Gasteiger partial charge in [-0.25, -0.2) is 4.98 Å². The van der Waals surface area contributed by atoms with Crippen molar-refractivity contribution < 1.29 is 9.53 Å². The van der Waals surface area contributed by atoms with Crippen LogP contribution in [0.3, 0.4) is 0 Å². The van der Waals surface area contributed by atoms with Crippen LogP contribution in [0.15, 0.2) is 18.3 Å². The maximum Gasteiger partial charge on any atom is 0.255 e. The van der Waals surface area contributed by atoms with Gasteiger partial charge in [0.05, 0.1) is 17.7 Å². The van der Waals surface area contributed by atoms with Gasteiger partial charge in [-0.3, -0.25) is 4.79 Å². The number of hydrogen-bond donors (Lipinski definition) is 1. The lowest BCUT2D eigenvalue weighted by Gasteiger charge is -2.23. The molecule has 1 N–H and O–H groups in total. The van der Waals surface area contributed by atoms with Gasteiger partial charge in [-0.2, -0.15) is 0 Å². The topological polar surface area (TPSA) is 54.5 Å². The number of rotatable bonds is 4. The molecule has 0 radical (unpaired) electrons. The number of nitrogens with one attached hydrogen (secondary N) is 1. The van der Waals surface area contributed by atoms with Gasteiger partial charge in [0.25, 0.3) is 5.91 Å². The average Bonchev–Trinajstić information content (AvgIpc) is 3.20. The van der Waals surface area contributed by atoms with Gasteiger partial charge >= 0.3 is 0 Å². The van der Waals surface area contributed by atoms with E-state index in [0.29, 0.717) is 5.56 Å². The predicted octanol–water partition coefficient (Wildman–Crippen LogP) is 1.98. The number of carbonyl (C=O) groups excluding carboxylic acids is 1. The van der Waals surface area contributed by atoms with Crippen LogP contribution in [-0.4, -0.2) is 42.7 Å². The monoisotopic (exact) mass is 289 g/mol. The Morgan fingerprint density at radius 2 is 2.24 bits per heavy atom. The summed E-state index contributed by atoms with van der Waals surface area (Å²) in [5.74, 6) is 0.764. The molecule has 2 atom stereocenters. The van der Waals surface area contributed by atoms with Crippen molar-refractivity contribution in [3.05, 3.63) is 23.9 Å². The van der Waals surface area contributed by atoms with Crippen molar-refractivity contribution in [1.29, 1.82) is 0 Å². The second kappa shape index (κ2) is 6.43. The molecule has 0 aromatic carbocycles. The normalized spacial score (nSPS) is 23.3. The van der Waals surface area contributed by atoms with Gasteiger partial charge in [0.15, 0.2) is 0 Å². The smallest absolute Gasteiger partial charge is 0.255 e. The van der Waals surface area contributed by atoms with Crippen LogP contribution in [0, 0.1) is 0 Å². The van der Waals surface area contributed by atoms with Crippen LogP contribution in [-0.2, 0) is 4.74 Å². The highest BCUT2D eigenvalue weighted by Gasteiger charge is 2.26. The van der Waals surface area contributed by atoms with Gasteiger partial charge in [-0.05, 0) is 44.7 Å². The third-order valence-electron chi connectivity index (χ3n) is 4.32. The van der Waals surface area contributed by atoms with Crippen LogP contribution in [0.5, 0.6) is 0 Å². The maximum absolute atomic E-state index is 12.6. The molecule has 1 aromatic rings. The zero-order valence-corrected chi connectivity index (χ0v) is 12.5. The first kappa shape index (κ1) is 14.3. The van der Waals surface area contributed by atoms with Gasteiger partial charge < -0.3 is 15.0 Å². The number of aromatic nitrogens is 1. The molecule has 0 spiro atoms. The van der Waals surface area contributed by atoms with E-state index in [1.165, 1.54) is 12.8 Å². The van der Waals surface area contributed by atoms with Crippen LogP contribution in [0.4, 0.5) is 5.82 Å². The van der Waals surface area contributed by atoms with Crippen LogP contribution in [0.25, 0.3) is 0 Å². The highest BCUT2D eigenvalue weighted by molar-refractivity contribution is 5.99. The fourth-order valence-electron chi connectivity index (χ4n) is 3.13. The molecule has 0 bridgehead atoms. The summed E-state index contributed by atoms with van der Waals surface area (Å²) < 4.78 is 5.64. The number of nitrogens with zero attached hydrogens (tertiary/aromatic N) is 2. The maximum atomic E-state index is 12.6. The summed E-state index contributed by atoms with van der Waals surface area (Å²) in [6, 6.07) is 3.72. The molecule has 21 heavy (non-hydrogen) atoms. The minimum atomic E-state index is -0.0481. The molecule has 1 aromatic heterocycles. The van der Waals surface area contributed by atoms with E-state index < -0.39 is 0 Å². The lowest BCUT2D eigenvalue weighted by atomic mass is 10.1. The van der Waals surface area contributed by atoms with Crippen LogP contribution in [0.1, 0.15) is 43.0 Å². The van der Waals surface area contributed by atoms with Crippen molar-refractivity contribution in [2.24, 2.45) is 0 Å². The zero-order chi connectivity index (χ0) is 14.7. The number of hydrogen-bond acceptors (Lipinski definition) is 4. The predicted molar refractivity (Wildman–Crippen MR) is 81.6 cm³/mol. The summed E-state index contributed by atoms with van der Waals surface area (Å²) >= 11 is 0. The molecule has 2 saturated heterocycles. The van der Waals surface area contributed by atoms with Crippen LogP contribution in [0.2, 0.25) is 0 Å². The molecular formula is C16H23N3O2. The van der Waals surface area contributed by atoms with E-state index in [2.05, 4.69) is 15.2 Å². The van der Waals surface area contributed by atoms with Gasteiger partial charge in [0.2, 0.25) is 0 Å². The molecule has 2 aliphatic heterocycles. The Labute approximate surface area is 125 Å². The Hall–Kier alpha value is -1.62. The minimum absolute atomic E-state index is 0.0339. The first-order valence-electron chi connectivity index (χ1n) is 7.88. The van der Waals surface area contributed by atoms with Crippen molar-refractivity contribution in [3.63, 3.8) is 0 Å². The van der Waals surface area contributed by atoms with Crippen LogP contribution < -0.4 is 10.2 Å². The van der Waals surface area contributed by atoms with Crippen molar-refractivity contribution >= 4 is 11.7 Å². The van der Waals surface area contributed by atoms with E-state index in [1.807, 2.05) is 19.1 Å². The molecule has 0 unspecified atom stereocenters. The largest absolute Gasteiger partial charge is 0.376 e. The number of carbonyl (C=O) groups is 1. The Morgan fingerprint density at radius 3 is 2.95 bits per heavy atom. The summed E-state index contributed by atoms with van der Waals surface area (Å²) in [6.07, 6.45) is 6.34. The highest BCUT2D eigenvalue weighted by atomic mass is 16.5. The van der Waals surface area contributed by atoms with Crippen molar-refractivity contribution in [3.8, 4) is 0 Å². The van der Waals surface area contributed by atoms with E-state index in [-0.39, 0.29) is 18.1 Å². The standard InChI is InChI=1S/C16H23N3O2/c1-12(14-7-5-11-21-14)18-16(20)13-6-4-8-17-15(13)19-9-2-3-10-19/h4,6,8,12,14H,2-3,5,7,9-11H2,1H3,(H,18,20)/t12-,14+/m1/s1. The number of amides is 1. The first-order valence-corrected chi connectivity index (χ1v) is 7.88. The fourth-order valence-corrected chi connectivity index (χ4v) is 3.13. The molecular weight excluding hydrogens is 266 g/mol. The quantitative estimate of drug-likeness (QED) is 0.921. The Morgan fingerprint density at radius 1 is 1.43 bits per heavy atom. The average molecular weight is 289 g/mol. The van der Waals surface area contributed by atoms with E-state index in [4.69, 9.17) is 4.74 Å². The number of ether oxygens (including phenoxy) is 1. The Balaban J connectivity index is 1.71. The SMILES string of the molecule is C[C@@H](NC(=O)c1cccnc1N1CCCC1)[C@@H]1CCCO1. The summed E-state index contributed by atoms with van der Waals surface area (Å²) in [7, 11) is 0. The zero-order valence-electron chi connectivity index (χ0n) is 12.5. The fraction of sp³-hybridized carbons (Fsp3) is 0.625. The number of pyridine rings is 1. The molecule has 1 amide bonds. The van der Waals surface area contributed by atoms with E-state index in [9.17, 15) is 4.79 Å². The molecule has 114 valence electrons. The van der Waals surface area contributed by atoms with Gasteiger partial charge in [0.1, 0.15) is 5.82 Å². The second-order valence-corrected chi connectivity index (χ2v) is 5.88.